The van der Waals surface area contributed by atoms with Gasteiger partial charge in [-0.15, -0.1) is 0 Å². The third-order valence-electron chi connectivity index (χ3n) is 2.28. The number of carbonyl (C=O) groups is 1. The Kier molecular flexibility index (Phi) is 4.31. The summed E-state index contributed by atoms with van der Waals surface area (Å²) in [5.41, 5.74) is 0.640. The zero-order valence-corrected chi connectivity index (χ0v) is 9.41. The molecule has 0 bridgehead atoms. The Hall–Kier alpha value is -1.35. The lowest BCUT2D eigenvalue weighted by Gasteiger charge is -2.12. The van der Waals surface area contributed by atoms with Crippen molar-refractivity contribution in [3.8, 4) is 5.75 Å². The maximum Gasteiger partial charge on any atom is 0.183 e. The molecule has 1 atom stereocenters. The molecule has 0 heterocycles. The van der Waals surface area contributed by atoms with E-state index < -0.39 is 0 Å². The van der Waals surface area contributed by atoms with Crippen LogP contribution in [-0.4, -0.2) is 25.5 Å². The molecule has 0 saturated heterocycles. The van der Waals surface area contributed by atoms with Gasteiger partial charge in [0.2, 0.25) is 0 Å². The zero-order chi connectivity index (χ0) is 11.3. The van der Waals surface area contributed by atoms with Crippen LogP contribution in [0.1, 0.15) is 24.2 Å². The van der Waals surface area contributed by atoms with Gasteiger partial charge in [0.1, 0.15) is 5.75 Å². The smallest absolute Gasteiger partial charge is 0.183 e. The highest BCUT2D eigenvalue weighted by Crippen LogP contribution is 2.19. The van der Waals surface area contributed by atoms with E-state index in [2.05, 4.69) is 5.32 Å². The van der Waals surface area contributed by atoms with Crippen molar-refractivity contribution in [2.45, 2.75) is 19.9 Å². The molecule has 82 valence electrons. The van der Waals surface area contributed by atoms with Crippen molar-refractivity contribution in [1.82, 2.24) is 5.32 Å². The van der Waals surface area contributed by atoms with Gasteiger partial charge in [0.15, 0.2) is 5.78 Å². The van der Waals surface area contributed by atoms with Crippen molar-refractivity contribution in [1.29, 1.82) is 0 Å². The fourth-order valence-corrected chi connectivity index (χ4v) is 1.32. The van der Waals surface area contributed by atoms with Crippen molar-refractivity contribution in [2.75, 3.05) is 13.7 Å². The molecule has 1 unspecified atom stereocenters. The van der Waals surface area contributed by atoms with Crippen LogP contribution < -0.4 is 10.1 Å². The van der Waals surface area contributed by atoms with Crippen LogP contribution in [-0.2, 0) is 0 Å². The Labute approximate surface area is 90.4 Å². The van der Waals surface area contributed by atoms with Gasteiger partial charge in [0, 0.05) is 0 Å². The summed E-state index contributed by atoms with van der Waals surface area (Å²) in [5, 5.41) is 2.93. The molecule has 0 aliphatic rings. The monoisotopic (exact) mass is 207 g/mol. The highest BCUT2D eigenvalue weighted by atomic mass is 16.5. The molecule has 1 aromatic carbocycles. The number of likely N-dealkylation sites (N-methyl/N-ethyl adjacent to an activating group) is 1. The standard InChI is InChI=1S/C12H17NO2/c1-4-15-11-8-6-5-7-10(11)12(14)9(2)13-3/h5-9,13H,4H2,1-3H3. The van der Waals surface area contributed by atoms with Crippen LogP contribution in [0, 0.1) is 0 Å². The van der Waals surface area contributed by atoms with Crippen LogP contribution in [0.25, 0.3) is 0 Å². The van der Waals surface area contributed by atoms with E-state index in [0.29, 0.717) is 17.9 Å². The van der Waals surface area contributed by atoms with Crippen molar-refractivity contribution in [3.63, 3.8) is 0 Å². The molecule has 0 aromatic heterocycles. The Morgan fingerprint density at radius 2 is 2.13 bits per heavy atom. The summed E-state index contributed by atoms with van der Waals surface area (Å²) < 4.78 is 5.40. The number of ketones is 1. The van der Waals surface area contributed by atoms with Crippen LogP contribution in [0.2, 0.25) is 0 Å². The first-order valence-electron chi connectivity index (χ1n) is 5.14. The van der Waals surface area contributed by atoms with E-state index in [4.69, 9.17) is 4.74 Å². The SMILES string of the molecule is CCOc1ccccc1C(=O)C(C)NC. The fraction of sp³-hybridized carbons (Fsp3) is 0.417. The molecule has 1 N–H and O–H groups in total. The number of rotatable bonds is 5. The van der Waals surface area contributed by atoms with Crippen LogP contribution in [0.5, 0.6) is 5.75 Å². The average molecular weight is 207 g/mol. The molecule has 0 radical (unpaired) electrons. The van der Waals surface area contributed by atoms with E-state index in [1.54, 1.807) is 13.1 Å². The minimum absolute atomic E-state index is 0.0570. The van der Waals surface area contributed by atoms with Gasteiger partial charge in [-0.05, 0) is 33.0 Å². The highest BCUT2D eigenvalue weighted by molar-refractivity contribution is 6.02. The van der Waals surface area contributed by atoms with E-state index in [-0.39, 0.29) is 11.8 Å². The van der Waals surface area contributed by atoms with Crippen molar-refractivity contribution in [2.24, 2.45) is 0 Å². The van der Waals surface area contributed by atoms with Crippen molar-refractivity contribution < 1.29 is 9.53 Å². The van der Waals surface area contributed by atoms with Crippen molar-refractivity contribution in [3.05, 3.63) is 29.8 Å². The largest absolute Gasteiger partial charge is 0.493 e. The minimum Gasteiger partial charge on any atom is -0.493 e. The number of hydrogen-bond donors (Lipinski definition) is 1. The summed E-state index contributed by atoms with van der Waals surface area (Å²) >= 11 is 0. The molecule has 0 saturated carbocycles. The molecule has 3 heteroatoms. The quantitative estimate of drug-likeness (QED) is 0.749. The highest BCUT2D eigenvalue weighted by Gasteiger charge is 2.16. The second-order valence-corrected chi connectivity index (χ2v) is 3.30. The van der Waals surface area contributed by atoms with E-state index in [1.807, 2.05) is 32.0 Å². The summed E-state index contributed by atoms with van der Waals surface area (Å²) in [6.45, 7) is 4.31. The topological polar surface area (TPSA) is 38.3 Å². The molecular weight excluding hydrogens is 190 g/mol. The number of Topliss-reactive ketones (excluding diaryl/α,β-unsaturated/α-hetero) is 1. The summed E-state index contributed by atoms with van der Waals surface area (Å²) in [6, 6.07) is 7.14. The molecule has 0 spiro atoms. The third kappa shape index (κ3) is 2.80. The first-order chi connectivity index (χ1) is 7.20. The van der Waals surface area contributed by atoms with Crippen LogP contribution >= 0.6 is 0 Å². The minimum atomic E-state index is -0.188. The Morgan fingerprint density at radius 1 is 1.47 bits per heavy atom. The van der Waals surface area contributed by atoms with Gasteiger partial charge in [0.05, 0.1) is 18.2 Å². The van der Waals surface area contributed by atoms with Gasteiger partial charge >= 0.3 is 0 Å². The van der Waals surface area contributed by atoms with Crippen LogP contribution in [0.3, 0.4) is 0 Å². The number of ether oxygens (including phenoxy) is 1. The number of carbonyl (C=O) groups excluding carboxylic acids is 1. The second-order valence-electron chi connectivity index (χ2n) is 3.30. The molecule has 1 rings (SSSR count). The third-order valence-corrected chi connectivity index (χ3v) is 2.28. The van der Waals surface area contributed by atoms with Gasteiger partial charge in [-0.1, -0.05) is 12.1 Å². The van der Waals surface area contributed by atoms with E-state index in [9.17, 15) is 4.79 Å². The summed E-state index contributed by atoms with van der Waals surface area (Å²) in [4.78, 5) is 11.9. The Bertz CT molecular complexity index is 336. The molecule has 0 aliphatic carbocycles. The average Bonchev–Trinajstić information content (AvgIpc) is 2.28. The summed E-state index contributed by atoms with van der Waals surface area (Å²) in [5.74, 6) is 0.716. The molecule has 0 aliphatic heterocycles. The number of benzene rings is 1. The number of para-hydroxylation sites is 1. The molecule has 3 nitrogen and oxygen atoms in total. The Morgan fingerprint density at radius 3 is 2.73 bits per heavy atom. The van der Waals surface area contributed by atoms with Gasteiger partial charge in [0.25, 0.3) is 0 Å². The summed E-state index contributed by atoms with van der Waals surface area (Å²) in [6.07, 6.45) is 0. The van der Waals surface area contributed by atoms with Crippen LogP contribution in [0.4, 0.5) is 0 Å². The first kappa shape index (κ1) is 11.7. The maximum absolute atomic E-state index is 11.9. The molecular formula is C12H17NO2. The number of nitrogens with one attached hydrogen (secondary N) is 1. The Balaban J connectivity index is 2.96. The molecule has 1 aromatic rings. The lowest BCUT2D eigenvalue weighted by molar-refractivity contribution is 0.0951. The zero-order valence-electron chi connectivity index (χ0n) is 9.41. The lowest BCUT2D eigenvalue weighted by atomic mass is 10.0. The predicted octanol–water partition coefficient (Wildman–Crippen LogP) is 1.88. The van der Waals surface area contributed by atoms with E-state index in [1.165, 1.54) is 0 Å². The van der Waals surface area contributed by atoms with Gasteiger partial charge < -0.3 is 10.1 Å². The van der Waals surface area contributed by atoms with E-state index >= 15 is 0 Å². The lowest BCUT2D eigenvalue weighted by Crippen LogP contribution is -2.31. The van der Waals surface area contributed by atoms with E-state index in [0.717, 1.165) is 0 Å². The molecule has 0 fully saturated rings. The van der Waals surface area contributed by atoms with Gasteiger partial charge in [-0.2, -0.15) is 0 Å². The van der Waals surface area contributed by atoms with Crippen LogP contribution in [0.15, 0.2) is 24.3 Å². The first-order valence-corrected chi connectivity index (χ1v) is 5.14. The number of hydrogen-bond acceptors (Lipinski definition) is 3. The second kappa shape index (κ2) is 5.51. The fourth-order valence-electron chi connectivity index (χ4n) is 1.32. The predicted molar refractivity (Wildman–Crippen MR) is 60.5 cm³/mol. The van der Waals surface area contributed by atoms with Gasteiger partial charge in [-0.25, -0.2) is 0 Å². The normalized spacial score (nSPS) is 12.2. The van der Waals surface area contributed by atoms with Gasteiger partial charge in [-0.3, -0.25) is 4.79 Å². The molecule has 0 amide bonds. The maximum atomic E-state index is 11.9. The van der Waals surface area contributed by atoms with Crippen molar-refractivity contribution >= 4 is 5.78 Å². The summed E-state index contributed by atoms with van der Waals surface area (Å²) in [7, 11) is 1.77. The molecule has 15 heavy (non-hydrogen) atoms.